The summed E-state index contributed by atoms with van der Waals surface area (Å²) in [5, 5.41) is 8.00. The van der Waals surface area contributed by atoms with Gasteiger partial charge in [0.15, 0.2) is 0 Å². The lowest BCUT2D eigenvalue weighted by atomic mass is 10.1. The first-order valence-electron chi connectivity index (χ1n) is 9.43. The second kappa shape index (κ2) is 8.48. The second-order valence-corrected chi connectivity index (χ2v) is 6.66. The van der Waals surface area contributed by atoms with Gasteiger partial charge in [-0.2, -0.15) is 0 Å². The molecule has 2 aromatic carbocycles. The van der Waals surface area contributed by atoms with Crippen molar-refractivity contribution in [2.45, 2.75) is 6.42 Å². The fourth-order valence-electron chi connectivity index (χ4n) is 3.24. The highest BCUT2D eigenvalue weighted by molar-refractivity contribution is 5.88. The third-order valence-corrected chi connectivity index (χ3v) is 4.73. The predicted octanol–water partition coefficient (Wildman–Crippen LogP) is 4.75. The minimum Gasteiger partial charge on any atom is -0.464 e. The maximum Gasteiger partial charge on any atom is 0.356 e. The van der Waals surface area contributed by atoms with Crippen molar-refractivity contribution in [1.82, 2.24) is 9.97 Å². The van der Waals surface area contributed by atoms with Crippen molar-refractivity contribution >= 4 is 33.9 Å². The van der Waals surface area contributed by atoms with Crippen LogP contribution >= 0.6 is 0 Å². The van der Waals surface area contributed by atoms with Crippen LogP contribution in [0.4, 0.5) is 17.1 Å². The van der Waals surface area contributed by atoms with Gasteiger partial charge in [0, 0.05) is 46.9 Å². The van der Waals surface area contributed by atoms with Crippen LogP contribution in [0.5, 0.6) is 0 Å². The Morgan fingerprint density at radius 1 is 1.03 bits per heavy atom. The van der Waals surface area contributed by atoms with Gasteiger partial charge in [0.2, 0.25) is 0 Å². The highest BCUT2D eigenvalue weighted by Crippen LogP contribution is 2.21. The lowest BCUT2D eigenvalue weighted by Gasteiger charge is -2.10. The number of hydrogen-bond donors (Lipinski definition) is 3. The zero-order valence-electron chi connectivity index (χ0n) is 16.1. The van der Waals surface area contributed by atoms with E-state index in [0.717, 1.165) is 30.0 Å². The number of nitrogens with zero attached hydrogens (tertiary/aromatic N) is 1. The van der Waals surface area contributed by atoms with Gasteiger partial charge in [-0.25, -0.2) is 9.78 Å². The van der Waals surface area contributed by atoms with Gasteiger partial charge >= 0.3 is 5.97 Å². The van der Waals surface area contributed by atoms with Crippen LogP contribution in [-0.2, 0) is 11.2 Å². The Morgan fingerprint density at radius 3 is 2.66 bits per heavy atom. The highest BCUT2D eigenvalue weighted by Gasteiger charge is 2.07. The molecule has 2 aromatic heterocycles. The molecule has 0 amide bonds. The Bertz CT molecular complexity index is 1120. The van der Waals surface area contributed by atoms with Gasteiger partial charge < -0.3 is 20.4 Å². The number of methoxy groups -OCH3 is 1. The van der Waals surface area contributed by atoms with Gasteiger partial charge in [-0.1, -0.05) is 18.2 Å². The molecule has 0 radical (unpaired) electrons. The second-order valence-electron chi connectivity index (χ2n) is 6.66. The average molecular weight is 386 g/mol. The van der Waals surface area contributed by atoms with Crippen LogP contribution in [0.2, 0.25) is 0 Å². The minimum atomic E-state index is -0.455. The van der Waals surface area contributed by atoms with Crippen LogP contribution in [0, 0.1) is 0 Å². The van der Waals surface area contributed by atoms with Gasteiger partial charge in [-0.05, 0) is 54.4 Å². The molecule has 6 nitrogen and oxygen atoms in total. The first-order chi connectivity index (χ1) is 14.2. The minimum absolute atomic E-state index is 0.271. The summed E-state index contributed by atoms with van der Waals surface area (Å²) in [6.07, 6.45) is 4.60. The van der Waals surface area contributed by atoms with Crippen molar-refractivity contribution in [3.63, 3.8) is 0 Å². The molecular formula is C23H22N4O2. The maximum atomic E-state index is 11.6. The van der Waals surface area contributed by atoms with Gasteiger partial charge in [-0.15, -0.1) is 0 Å². The molecule has 0 spiro atoms. The van der Waals surface area contributed by atoms with Crippen molar-refractivity contribution in [3.05, 3.63) is 84.3 Å². The molecule has 0 fully saturated rings. The van der Waals surface area contributed by atoms with Crippen molar-refractivity contribution in [3.8, 4) is 0 Å². The highest BCUT2D eigenvalue weighted by atomic mass is 16.5. The van der Waals surface area contributed by atoms with E-state index < -0.39 is 5.97 Å². The lowest BCUT2D eigenvalue weighted by Crippen LogP contribution is -2.05. The van der Waals surface area contributed by atoms with Crippen molar-refractivity contribution in [2.75, 3.05) is 24.3 Å². The Balaban J connectivity index is 1.34. The number of pyridine rings is 1. The predicted molar refractivity (Wildman–Crippen MR) is 116 cm³/mol. The standard InChI is InChI=1S/C23H22N4O2/c1-29-23(28)22-14-19(11-13-25-22)27-18-8-6-17(7-9-18)24-12-10-16-15-26-21-5-3-2-4-20(16)21/h2-9,11,13-15,24,26H,10,12H2,1H3,(H,25,27). The Kier molecular flexibility index (Phi) is 5.42. The average Bonchev–Trinajstić information content (AvgIpc) is 3.18. The normalized spacial score (nSPS) is 10.7. The van der Waals surface area contributed by atoms with Gasteiger partial charge in [0.25, 0.3) is 0 Å². The maximum absolute atomic E-state index is 11.6. The van der Waals surface area contributed by atoms with Crippen molar-refractivity contribution in [2.24, 2.45) is 0 Å². The number of aromatic nitrogens is 2. The van der Waals surface area contributed by atoms with Crippen LogP contribution < -0.4 is 10.6 Å². The molecule has 0 saturated carbocycles. The SMILES string of the molecule is COC(=O)c1cc(Nc2ccc(NCCc3c[nH]c4ccccc34)cc2)ccn1. The van der Waals surface area contributed by atoms with Gasteiger partial charge in [0.05, 0.1) is 7.11 Å². The van der Waals surface area contributed by atoms with E-state index in [1.54, 1.807) is 18.3 Å². The molecular weight excluding hydrogens is 364 g/mol. The van der Waals surface area contributed by atoms with E-state index in [1.165, 1.54) is 23.6 Å². The van der Waals surface area contributed by atoms with Crippen LogP contribution in [-0.4, -0.2) is 29.6 Å². The molecule has 0 atom stereocenters. The number of hydrogen-bond acceptors (Lipinski definition) is 5. The first-order valence-corrected chi connectivity index (χ1v) is 9.43. The molecule has 0 saturated heterocycles. The van der Waals surface area contributed by atoms with E-state index in [0.29, 0.717) is 0 Å². The lowest BCUT2D eigenvalue weighted by molar-refractivity contribution is 0.0594. The number of rotatable bonds is 7. The third-order valence-electron chi connectivity index (χ3n) is 4.73. The summed E-state index contributed by atoms with van der Waals surface area (Å²) >= 11 is 0. The third kappa shape index (κ3) is 4.38. The molecule has 0 aliphatic carbocycles. The summed E-state index contributed by atoms with van der Waals surface area (Å²) in [6, 6.07) is 19.9. The number of nitrogens with one attached hydrogen (secondary N) is 3. The summed E-state index contributed by atoms with van der Waals surface area (Å²) in [6.45, 7) is 0.849. The number of anilines is 3. The number of ether oxygens (including phenoxy) is 1. The number of fused-ring (bicyclic) bond motifs is 1. The zero-order valence-corrected chi connectivity index (χ0v) is 16.1. The number of carbonyl (C=O) groups is 1. The van der Waals surface area contributed by atoms with Gasteiger partial charge in [0.1, 0.15) is 5.69 Å². The summed E-state index contributed by atoms with van der Waals surface area (Å²) in [7, 11) is 1.34. The molecule has 0 bridgehead atoms. The molecule has 4 aromatic rings. The smallest absolute Gasteiger partial charge is 0.356 e. The van der Waals surface area contributed by atoms with E-state index in [1.807, 2.05) is 30.3 Å². The molecule has 6 heteroatoms. The number of aromatic amines is 1. The van der Waals surface area contributed by atoms with E-state index in [4.69, 9.17) is 4.74 Å². The monoisotopic (exact) mass is 386 g/mol. The van der Waals surface area contributed by atoms with Crippen molar-refractivity contribution < 1.29 is 9.53 Å². The summed E-state index contributed by atoms with van der Waals surface area (Å²) in [5.74, 6) is -0.455. The van der Waals surface area contributed by atoms with E-state index >= 15 is 0 Å². The number of carbonyl (C=O) groups excluding carboxylic acids is 1. The fraction of sp³-hybridized carbons (Fsp3) is 0.130. The fourth-order valence-corrected chi connectivity index (χ4v) is 3.24. The van der Waals surface area contributed by atoms with Gasteiger partial charge in [-0.3, -0.25) is 0 Å². The summed E-state index contributed by atoms with van der Waals surface area (Å²) < 4.78 is 4.71. The molecule has 29 heavy (non-hydrogen) atoms. The quantitative estimate of drug-likeness (QED) is 0.400. The molecule has 2 heterocycles. The molecule has 0 unspecified atom stereocenters. The molecule has 0 aliphatic rings. The first kappa shape index (κ1) is 18.6. The number of benzene rings is 2. The van der Waals surface area contributed by atoms with Crippen LogP contribution in [0.3, 0.4) is 0 Å². The van der Waals surface area contributed by atoms with E-state index in [-0.39, 0.29) is 5.69 Å². The van der Waals surface area contributed by atoms with E-state index in [2.05, 4.69) is 45.0 Å². The summed E-state index contributed by atoms with van der Waals surface area (Å²) in [4.78, 5) is 18.9. The number of H-pyrrole nitrogens is 1. The van der Waals surface area contributed by atoms with E-state index in [9.17, 15) is 4.79 Å². The summed E-state index contributed by atoms with van der Waals surface area (Å²) in [5.41, 5.74) is 5.51. The molecule has 4 rings (SSSR count). The number of esters is 1. The Labute approximate surface area is 168 Å². The Morgan fingerprint density at radius 2 is 1.83 bits per heavy atom. The van der Waals surface area contributed by atoms with Crippen LogP contribution in [0.1, 0.15) is 16.1 Å². The largest absolute Gasteiger partial charge is 0.464 e. The van der Waals surface area contributed by atoms with Crippen LogP contribution in [0.25, 0.3) is 10.9 Å². The Hall–Kier alpha value is -3.80. The molecule has 0 aliphatic heterocycles. The topological polar surface area (TPSA) is 79.0 Å². The zero-order chi connectivity index (χ0) is 20.1. The number of para-hydroxylation sites is 1. The van der Waals surface area contributed by atoms with Crippen molar-refractivity contribution in [1.29, 1.82) is 0 Å². The molecule has 146 valence electrons. The molecule has 3 N–H and O–H groups in total. The van der Waals surface area contributed by atoms with Crippen LogP contribution in [0.15, 0.2) is 73.1 Å².